The highest BCUT2D eigenvalue weighted by atomic mass is 32.1. The second-order valence-corrected chi connectivity index (χ2v) is 6.86. The van der Waals surface area contributed by atoms with E-state index in [4.69, 9.17) is 21.7 Å². The van der Waals surface area contributed by atoms with Crippen LogP contribution in [0.1, 0.15) is 32.9 Å². The first-order valence-electron chi connectivity index (χ1n) is 9.48. The van der Waals surface area contributed by atoms with Gasteiger partial charge in [0.1, 0.15) is 11.6 Å². The number of thiocarbonyl (C=S) groups is 1. The van der Waals surface area contributed by atoms with Crippen LogP contribution in [0.4, 0.5) is 17.5 Å². The molecule has 0 atom stereocenters. The summed E-state index contributed by atoms with van der Waals surface area (Å²) in [6.45, 7) is 9.98. The zero-order valence-electron chi connectivity index (χ0n) is 16.9. The van der Waals surface area contributed by atoms with Crippen LogP contribution in [0.2, 0.25) is 0 Å². The van der Waals surface area contributed by atoms with E-state index in [1.807, 2.05) is 58.0 Å². The number of anilines is 3. The van der Waals surface area contributed by atoms with Crippen LogP contribution >= 0.6 is 12.2 Å². The van der Waals surface area contributed by atoms with E-state index in [0.717, 1.165) is 30.1 Å². The van der Waals surface area contributed by atoms with Crippen LogP contribution in [0, 0.1) is 6.92 Å². The number of rotatable bonds is 10. The quantitative estimate of drug-likeness (QED) is 0.405. The zero-order valence-corrected chi connectivity index (χ0v) is 17.7. The van der Waals surface area contributed by atoms with Crippen molar-refractivity contribution in [2.24, 2.45) is 0 Å². The van der Waals surface area contributed by atoms with Crippen LogP contribution in [0.25, 0.3) is 0 Å². The molecule has 0 saturated carbocycles. The van der Waals surface area contributed by atoms with Gasteiger partial charge in [-0.3, -0.25) is 0 Å². The van der Waals surface area contributed by atoms with E-state index in [0.29, 0.717) is 30.1 Å². The molecule has 7 nitrogen and oxygen atoms in total. The van der Waals surface area contributed by atoms with Gasteiger partial charge in [-0.1, -0.05) is 0 Å². The molecule has 0 fully saturated rings. The molecule has 3 N–H and O–H groups in total. The van der Waals surface area contributed by atoms with Gasteiger partial charge in [0.15, 0.2) is 5.11 Å². The fourth-order valence-electron chi connectivity index (χ4n) is 2.38. The van der Waals surface area contributed by atoms with Crippen molar-refractivity contribution in [2.45, 2.75) is 40.2 Å². The summed E-state index contributed by atoms with van der Waals surface area (Å²) in [6.07, 6.45) is 1.12. The second-order valence-electron chi connectivity index (χ2n) is 6.45. The summed E-state index contributed by atoms with van der Waals surface area (Å²) in [5, 5.41) is 9.93. The molecule has 0 saturated heterocycles. The third-order valence-electron chi connectivity index (χ3n) is 3.58. The summed E-state index contributed by atoms with van der Waals surface area (Å²) >= 11 is 5.32. The van der Waals surface area contributed by atoms with Crippen molar-refractivity contribution in [3.05, 3.63) is 36.0 Å². The second kappa shape index (κ2) is 11.4. The van der Waals surface area contributed by atoms with Crippen LogP contribution in [-0.4, -0.2) is 40.9 Å². The molecule has 0 bridgehead atoms. The minimum absolute atomic E-state index is 0.243. The standard InChI is InChI=1S/C20H29N5O2S/c1-5-26-17-9-7-16(8-10-17)23-18-13-15(4)22-19(24-18)25-20(28)21-11-6-12-27-14(2)3/h7-10,13-14H,5-6,11-12H2,1-4H3,(H3,21,22,23,24,25,28). The van der Waals surface area contributed by atoms with Gasteiger partial charge in [-0.25, -0.2) is 4.98 Å². The van der Waals surface area contributed by atoms with Crippen molar-refractivity contribution < 1.29 is 9.47 Å². The van der Waals surface area contributed by atoms with Gasteiger partial charge in [0, 0.05) is 30.6 Å². The van der Waals surface area contributed by atoms with Gasteiger partial charge >= 0.3 is 0 Å². The number of nitrogens with one attached hydrogen (secondary N) is 3. The predicted octanol–water partition coefficient (Wildman–Crippen LogP) is 4.03. The van der Waals surface area contributed by atoms with E-state index in [1.165, 1.54) is 0 Å². The molecule has 0 aliphatic heterocycles. The van der Waals surface area contributed by atoms with Crippen LogP contribution in [0.3, 0.4) is 0 Å². The Hall–Kier alpha value is -2.45. The van der Waals surface area contributed by atoms with Gasteiger partial charge in [-0.15, -0.1) is 0 Å². The Morgan fingerprint density at radius 1 is 1.18 bits per heavy atom. The monoisotopic (exact) mass is 403 g/mol. The summed E-state index contributed by atoms with van der Waals surface area (Å²) in [5.74, 6) is 1.97. The van der Waals surface area contributed by atoms with E-state index >= 15 is 0 Å². The molecule has 2 rings (SSSR count). The maximum absolute atomic E-state index is 5.51. The van der Waals surface area contributed by atoms with Crippen molar-refractivity contribution in [1.29, 1.82) is 0 Å². The Labute approximate surface area is 172 Å². The van der Waals surface area contributed by atoms with Crippen molar-refractivity contribution in [1.82, 2.24) is 15.3 Å². The molecule has 1 heterocycles. The van der Waals surface area contributed by atoms with Gasteiger partial charge in [0.25, 0.3) is 0 Å². The van der Waals surface area contributed by atoms with Gasteiger partial charge in [0.2, 0.25) is 5.95 Å². The molecule has 152 valence electrons. The van der Waals surface area contributed by atoms with E-state index in [9.17, 15) is 0 Å². The molecule has 28 heavy (non-hydrogen) atoms. The molecule has 0 radical (unpaired) electrons. The van der Waals surface area contributed by atoms with E-state index in [2.05, 4.69) is 25.9 Å². The van der Waals surface area contributed by atoms with Crippen molar-refractivity contribution in [3.8, 4) is 5.75 Å². The minimum atomic E-state index is 0.243. The molecule has 0 aliphatic carbocycles. The molecule has 0 amide bonds. The summed E-state index contributed by atoms with van der Waals surface area (Å²) in [5.41, 5.74) is 1.75. The maximum atomic E-state index is 5.51. The molecular formula is C20H29N5O2S. The van der Waals surface area contributed by atoms with Crippen LogP contribution in [0.5, 0.6) is 5.75 Å². The lowest BCUT2D eigenvalue weighted by molar-refractivity contribution is 0.0777. The highest BCUT2D eigenvalue weighted by Crippen LogP contribution is 2.20. The lowest BCUT2D eigenvalue weighted by Gasteiger charge is -2.12. The van der Waals surface area contributed by atoms with Crippen LogP contribution in [0.15, 0.2) is 30.3 Å². The van der Waals surface area contributed by atoms with Crippen molar-refractivity contribution in [3.63, 3.8) is 0 Å². The lowest BCUT2D eigenvalue weighted by Crippen LogP contribution is -2.30. The summed E-state index contributed by atoms with van der Waals surface area (Å²) in [6, 6.07) is 9.60. The SMILES string of the molecule is CCOc1ccc(Nc2cc(C)nc(NC(=S)NCCCOC(C)C)n2)cc1. The molecule has 8 heteroatoms. The van der Waals surface area contributed by atoms with Gasteiger partial charge < -0.3 is 25.4 Å². The normalized spacial score (nSPS) is 10.6. The molecule has 0 unspecified atom stereocenters. The third-order valence-corrected chi connectivity index (χ3v) is 3.82. The molecule has 1 aromatic heterocycles. The van der Waals surface area contributed by atoms with Crippen LogP contribution < -0.4 is 20.7 Å². The number of hydrogen-bond donors (Lipinski definition) is 3. The first kappa shape index (κ1) is 21.8. The molecule has 2 aromatic rings. The fraction of sp³-hybridized carbons (Fsp3) is 0.450. The Morgan fingerprint density at radius 2 is 1.93 bits per heavy atom. The molecular weight excluding hydrogens is 374 g/mol. The highest BCUT2D eigenvalue weighted by molar-refractivity contribution is 7.80. The number of ether oxygens (including phenoxy) is 2. The first-order chi connectivity index (χ1) is 13.5. The Bertz CT molecular complexity index is 753. The molecule has 0 spiro atoms. The number of aromatic nitrogens is 2. The number of hydrogen-bond acceptors (Lipinski definition) is 6. The maximum Gasteiger partial charge on any atom is 0.231 e. The van der Waals surface area contributed by atoms with Gasteiger partial charge in [-0.2, -0.15) is 4.98 Å². The zero-order chi connectivity index (χ0) is 20.4. The topological polar surface area (TPSA) is 80.3 Å². The van der Waals surface area contributed by atoms with Crippen LogP contribution in [-0.2, 0) is 4.74 Å². The molecule has 0 aliphatic rings. The van der Waals surface area contributed by atoms with E-state index in [1.54, 1.807) is 0 Å². The number of nitrogens with zero attached hydrogens (tertiary/aromatic N) is 2. The Kier molecular flexibility index (Phi) is 8.90. The van der Waals surface area contributed by atoms with E-state index in [-0.39, 0.29) is 6.10 Å². The van der Waals surface area contributed by atoms with Crippen molar-refractivity contribution >= 4 is 34.8 Å². The van der Waals surface area contributed by atoms with Gasteiger partial charge in [0.05, 0.1) is 12.7 Å². The largest absolute Gasteiger partial charge is 0.494 e. The Morgan fingerprint density at radius 3 is 2.61 bits per heavy atom. The van der Waals surface area contributed by atoms with E-state index < -0.39 is 0 Å². The minimum Gasteiger partial charge on any atom is -0.494 e. The average Bonchev–Trinajstić information content (AvgIpc) is 2.62. The Balaban J connectivity index is 1.88. The number of aryl methyl sites for hydroxylation is 1. The fourth-order valence-corrected chi connectivity index (χ4v) is 2.57. The summed E-state index contributed by atoms with van der Waals surface area (Å²) < 4.78 is 11.0. The summed E-state index contributed by atoms with van der Waals surface area (Å²) in [4.78, 5) is 8.87. The predicted molar refractivity (Wildman–Crippen MR) is 118 cm³/mol. The molecule has 1 aromatic carbocycles. The summed E-state index contributed by atoms with van der Waals surface area (Å²) in [7, 11) is 0. The number of benzene rings is 1. The third kappa shape index (κ3) is 8.06. The smallest absolute Gasteiger partial charge is 0.231 e. The average molecular weight is 404 g/mol. The lowest BCUT2D eigenvalue weighted by atomic mass is 10.3. The first-order valence-corrected chi connectivity index (χ1v) is 9.89. The van der Waals surface area contributed by atoms with Crippen molar-refractivity contribution in [2.75, 3.05) is 30.4 Å². The highest BCUT2D eigenvalue weighted by Gasteiger charge is 2.05. The van der Waals surface area contributed by atoms with Gasteiger partial charge in [-0.05, 0) is 70.6 Å².